The molecule has 3 aromatic rings. The minimum atomic E-state index is -0.192. The number of nitrogens with one attached hydrogen (secondary N) is 1. The van der Waals surface area contributed by atoms with Gasteiger partial charge in [-0.1, -0.05) is 29.8 Å². The van der Waals surface area contributed by atoms with E-state index in [4.69, 9.17) is 17.3 Å². The van der Waals surface area contributed by atoms with E-state index in [1.807, 2.05) is 24.3 Å². The minimum absolute atomic E-state index is 0.157. The second-order valence-corrected chi connectivity index (χ2v) is 7.22. The van der Waals surface area contributed by atoms with Crippen LogP contribution in [0.15, 0.2) is 48.5 Å². The first-order chi connectivity index (χ1) is 14.1. The van der Waals surface area contributed by atoms with Gasteiger partial charge in [-0.15, -0.1) is 0 Å². The number of rotatable bonds is 5. The summed E-state index contributed by atoms with van der Waals surface area (Å²) in [6.07, 6.45) is 0. The molecular formula is C20H21ClFN7. The van der Waals surface area contributed by atoms with E-state index >= 15 is 0 Å². The van der Waals surface area contributed by atoms with Crippen molar-refractivity contribution in [1.29, 1.82) is 0 Å². The van der Waals surface area contributed by atoms with Crippen molar-refractivity contribution in [2.45, 2.75) is 6.54 Å². The van der Waals surface area contributed by atoms with Crippen LogP contribution in [-0.4, -0.2) is 46.0 Å². The van der Waals surface area contributed by atoms with Crippen LogP contribution in [0.4, 0.5) is 27.7 Å². The van der Waals surface area contributed by atoms with Gasteiger partial charge in [-0.05, 0) is 30.3 Å². The number of nitrogens with zero attached hydrogens (tertiary/aromatic N) is 5. The van der Waals surface area contributed by atoms with Gasteiger partial charge < -0.3 is 16.0 Å². The summed E-state index contributed by atoms with van der Waals surface area (Å²) < 4.78 is 14.0. The Morgan fingerprint density at radius 1 is 1.00 bits per heavy atom. The monoisotopic (exact) mass is 413 g/mol. The van der Waals surface area contributed by atoms with E-state index in [0.29, 0.717) is 29.0 Å². The number of benzene rings is 2. The van der Waals surface area contributed by atoms with Crippen LogP contribution >= 0.6 is 11.6 Å². The molecule has 0 bridgehead atoms. The van der Waals surface area contributed by atoms with Gasteiger partial charge >= 0.3 is 0 Å². The third kappa shape index (κ3) is 4.90. The molecule has 0 amide bonds. The van der Waals surface area contributed by atoms with Crippen LogP contribution in [0.25, 0.3) is 0 Å². The van der Waals surface area contributed by atoms with Gasteiger partial charge in [0, 0.05) is 36.9 Å². The van der Waals surface area contributed by atoms with Gasteiger partial charge in [-0.25, -0.2) is 4.39 Å². The summed E-state index contributed by atoms with van der Waals surface area (Å²) in [6.45, 7) is 3.56. The molecule has 29 heavy (non-hydrogen) atoms. The molecule has 0 aliphatic carbocycles. The first kappa shape index (κ1) is 19.4. The highest BCUT2D eigenvalue weighted by atomic mass is 35.5. The third-order valence-electron chi connectivity index (χ3n) is 4.71. The Bertz CT molecular complexity index is 992. The van der Waals surface area contributed by atoms with E-state index in [0.717, 1.165) is 31.9 Å². The number of nitrogen functional groups attached to an aromatic ring is 1. The SMILES string of the molecule is Nc1nc(CN2CCN(c3ccccc3F)CC2)nc(Nc2cccc(Cl)c2)n1. The molecule has 0 unspecified atom stereocenters. The molecule has 9 heteroatoms. The average molecular weight is 414 g/mol. The maximum atomic E-state index is 14.0. The zero-order valence-corrected chi connectivity index (χ0v) is 16.5. The zero-order chi connectivity index (χ0) is 20.2. The predicted octanol–water partition coefficient (Wildman–Crippen LogP) is 3.31. The number of para-hydroxylation sites is 1. The largest absolute Gasteiger partial charge is 0.368 e. The summed E-state index contributed by atoms with van der Waals surface area (Å²) in [5, 5.41) is 3.72. The summed E-state index contributed by atoms with van der Waals surface area (Å²) in [5.74, 6) is 0.925. The van der Waals surface area contributed by atoms with Crippen molar-refractivity contribution in [3.8, 4) is 0 Å². The Balaban J connectivity index is 1.40. The highest BCUT2D eigenvalue weighted by Crippen LogP contribution is 2.21. The number of halogens is 2. The fraction of sp³-hybridized carbons (Fsp3) is 0.250. The van der Waals surface area contributed by atoms with E-state index in [1.54, 1.807) is 18.2 Å². The molecule has 1 aromatic heterocycles. The highest BCUT2D eigenvalue weighted by molar-refractivity contribution is 6.30. The van der Waals surface area contributed by atoms with Crippen LogP contribution in [0.1, 0.15) is 5.82 Å². The lowest BCUT2D eigenvalue weighted by molar-refractivity contribution is 0.243. The molecular weight excluding hydrogens is 393 g/mol. The molecule has 2 heterocycles. The Morgan fingerprint density at radius 2 is 1.79 bits per heavy atom. The predicted molar refractivity (Wildman–Crippen MR) is 113 cm³/mol. The molecule has 0 atom stereocenters. The number of hydrogen-bond donors (Lipinski definition) is 2. The van der Waals surface area contributed by atoms with E-state index < -0.39 is 0 Å². The normalized spacial score (nSPS) is 14.8. The highest BCUT2D eigenvalue weighted by Gasteiger charge is 2.20. The Morgan fingerprint density at radius 3 is 2.55 bits per heavy atom. The summed E-state index contributed by atoms with van der Waals surface area (Å²) >= 11 is 6.02. The van der Waals surface area contributed by atoms with Gasteiger partial charge in [0.05, 0.1) is 12.2 Å². The van der Waals surface area contributed by atoms with E-state index in [9.17, 15) is 4.39 Å². The summed E-state index contributed by atoms with van der Waals surface area (Å²) in [4.78, 5) is 17.1. The Hall–Kier alpha value is -2.97. The lowest BCUT2D eigenvalue weighted by atomic mass is 10.2. The number of hydrogen-bond acceptors (Lipinski definition) is 7. The first-order valence-corrected chi connectivity index (χ1v) is 9.69. The van der Waals surface area contributed by atoms with Gasteiger partial charge in [0.25, 0.3) is 0 Å². The molecule has 1 fully saturated rings. The average Bonchev–Trinajstić information content (AvgIpc) is 2.69. The minimum Gasteiger partial charge on any atom is -0.368 e. The van der Waals surface area contributed by atoms with Gasteiger partial charge in [-0.2, -0.15) is 15.0 Å². The van der Waals surface area contributed by atoms with Crippen molar-refractivity contribution >= 4 is 34.9 Å². The second-order valence-electron chi connectivity index (χ2n) is 6.78. The fourth-order valence-electron chi connectivity index (χ4n) is 3.31. The van der Waals surface area contributed by atoms with Gasteiger partial charge in [0.1, 0.15) is 11.6 Å². The van der Waals surface area contributed by atoms with Crippen molar-refractivity contribution in [2.24, 2.45) is 0 Å². The molecule has 0 radical (unpaired) electrons. The maximum Gasteiger partial charge on any atom is 0.232 e. The van der Waals surface area contributed by atoms with E-state index in [-0.39, 0.29) is 11.8 Å². The van der Waals surface area contributed by atoms with E-state index in [2.05, 4.69) is 30.1 Å². The standard InChI is InChI=1S/C20H21ClFN7/c21-14-4-3-5-15(12-14)24-20-26-18(25-19(23)27-20)13-28-8-10-29(11-9-28)17-7-2-1-6-16(17)22/h1-7,12H,8-11,13H2,(H3,23,24,25,26,27). The first-order valence-electron chi connectivity index (χ1n) is 9.32. The van der Waals surface area contributed by atoms with Crippen molar-refractivity contribution < 1.29 is 4.39 Å². The number of aromatic nitrogens is 3. The molecule has 150 valence electrons. The van der Waals surface area contributed by atoms with Crippen LogP contribution in [0.5, 0.6) is 0 Å². The van der Waals surface area contributed by atoms with Crippen LogP contribution in [0.3, 0.4) is 0 Å². The molecule has 7 nitrogen and oxygen atoms in total. The lowest BCUT2D eigenvalue weighted by Crippen LogP contribution is -2.46. The molecule has 4 rings (SSSR count). The van der Waals surface area contributed by atoms with Gasteiger partial charge in [0.2, 0.25) is 11.9 Å². The second kappa shape index (κ2) is 8.59. The third-order valence-corrected chi connectivity index (χ3v) is 4.95. The van der Waals surface area contributed by atoms with Crippen molar-refractivity contribution in [3.63, 3.8) is 0 Å². The van der Waals surface area contributed by atoms with Crippen LogP contribution < -0.4 is 16.0 Å². The smallest absolute Gasteiger partial charge is 0.232 e. The van der Waals surface area contributed by atoms with Crippen molar-refractivity contribution in [3.05, 3.63) is 65.2 Å². The quantitative estimate of drug-likeness (QED) is 0.663. The van der Waals surface area contributed by atoms with Crippen molar-refractivity contribution in [1.82, 2.24) is 19.9 Å². The number of anilines is 4. The molecule has 1 aliphatic rings. The summed E-state index contributed by atoms with van der Waals surface area (Å²) in [5.41, 5.74) is 7.28. The maximum absolute atomic E-state index is 14.0. The van der Waals surface area contributed by atoms with Gasteiger partial charge in [0.15, 0.2) is 0 Å². The van der Waals surface area contributed by atoms with E-state index in [1.165, 1.54) is 6.07 Å². The lowest BCUT2D eigenvalue weighted by Gasteiger charge is -2.35. The number of nitrogens with two attached hydrogens (primary N) is 1. The zero-order valence-electron chi connectivity index (χ0n) is 15.7. The summed E-state index contributed by atoms with van der Waals surface area (Å²) in [7, 11) is 0. The van der Waals surface area contributed by atoms with Crippen molar-refractivity contribution in [2.75, 3.05) is 42.1 Å². The number of piperazine rings is 1. The molecule has 2 aromatic carbocycles. The van der Waals surface area contributed by atoms with Crippen LogP contribution in [0, 0.1) is 5.82 Å². The van der Waals surface area contributed by atoms with Crippen LogP contribution in [0.2, 0.25) is 5.02 Å². The topological polar surface area (TPSA) is 83.2 Å². The fourth-order valence-corrected chi connectivity index (χ4v) is 3.51. The van der Waals surface area contributed by atoms with Crippen LogP contribution in [-0.2, 0) is 6.54 Å². The molecule has 3 N–H and O–H groups in total. The Kier molecular flexibility index (Phi) is 5.73. The Labute approximate surface area is 173 Å². The molecule has 0 spiro atoms. The molecule has 1 aliphatic heterocycles. The molecule has 0 saturated carbocycles. The molecule has 1 saturated heterocycles. The summed E-state index contributed by atoms with van der Waals surface area (Å²) in [6, 6.07) is 14.1. The van der Waals surface area contributed by atoms with Gasteiger partial charge in [-0.3, -0.25) is 4.90 Å².